The molecule has 0 atom stereocenters. The minimum atomic E-state index is -0.643. The van der Waals surface area contributed by atoms with Gasteiger partial charge in [0.2, 0.25) is 5.75 Å². The van der Waals surface area contributed by atoms with Gasteiger partial charge in [0.15, 0.2) is 11.5 Å². The number of benzene rings is 2. The molecule has 2 aromatic carbocycles. The lowest BCUT2D eigenvalue weighted by Gasteiger charge is -2.10. The van der Waals surface area contributed by atoms with Crippen molar-refractivity contribution in [2.75, 3.05) is 0 Å². The summed E-state index contributed by atoms with van der Waals surface area (Å²) in [6.07, 6.45) is 1.18. The van der Waals surface area contributed by atoms with Gasteiger partial charge in [0, 0.05) is 28.2 Å². The molecule has 0 aliphatic rings. The number of nitrogens with zero attached hydrogens (tertiary/aromatic N) is 2. The summed E-state index contributed by atoms with van der Waals surface area (Å²) in [5.41, 5.74) is 5.94. The second kappa shape index (κ2) is 7.25. The first kappa shape index (κ1) is 18.1. The van der Waals surface area contributed by atoms with Crippen molar-refractivity contribution in [1.82, 2.24) is 9.99 Å². The van der Waals surface area contributed by atoms with Gasteiger partial charge in [0.25, 0.3) is 5.91 Å². The van der Waals surface area contributed by atoms with Gasteiger partial charge in [-0.05, 0) is 56.3 Å². The Hall–Kier alpha value is -3.74. The molecule has 138 valence electrons. The number of aromatic hydroxyl groups is 3. The molecule has 0 aliphatic carbocycles. The highest BCUT2D eigenvalue weighted by Crippen LogP contribution is 2.36. The van der Waals surface area contributed by atoms with E-state index in [0.29, 0.717) is 5.56 Å². The standard InChI is InChI=1S/C20H19N3O4/c1-12-6-7-13(2)23(12)16-5-3-4-14(10-16)20(27)22-21-11-15-8-9-17(24)19(26)18(15)25/h3-11,24-26H,1-2H3,(H,22,27)/b21-11+. The lowest BCUT2D eigenvalue weighted by molar-refractivity contribution is 0.0955. The molecule has 0 spiro atoms. The van der Waals surface area contributed by atoms with E-state index in [9.17, 15) is 20.1 Å². The van der Waals surface area contributed by atoms with E-state index in [-0.39, 0.29) is 5.56 Å². The second-order valence-corrected chi connectivity index (χ2v) is 6.07. The maximum Gasteiger partial charge on any atom is 0.271 e. The second-order valence-electron chi connectivity index (χ2n) is 6.07. The molecule has 1 aromatic heterocycles. The summed E-state index contributed by atoms with van der Waals surface area (Å²) in [7, 11) is 0. The summed E-state index contributed by atoms with van der Waals surface area (Å²) >= 11 is 0. The molecule has 0 radical (unpaired) electrons. The fraction of sp³-hybridized carbons (Fsp3) is 0.100. The number of phenolic OH excluding ortho intramolecular Hbond substituents is 3. The number of rotatable bonds is 4. The van der Waals surface area contributed by atoms with E-state index in [1.807, 2.05) is 36.6 Å². The normalized spacial score (nSPS) is 11.0. The van der Waals surface area contributed by atoms with Crippen LogP contribution in [0.25, 0.3) is 5.69 Å². The Morgan fingerprint density at radius 1 is 1.00 bits per heavy atom. The third kappa shape index (κ3) is 3.62. The van der Waals surface area contributed by atoms with Crippen molar-refractivity contribution >= 4 is 12.1 Å². The van der Waals surface area contributed by atoms with Crippen molar-refractivity contribution < 1.29 is 20.1 Å². The maximum absolute atomic E-state index is 12.3. The average molecular weight is 365 g/mol. The zero-order valence-corrected chi connectivity index (χ0v) is 14.8. The maximum atomic E-state index is 12.3. The van der Waals surface area contributed by atoms with Gasteiger partial charge >= 0.3 is 0 Å². The number of aromatic nitrogens is 1. The Kier molecular flexibility index (Phi) is 4.85. The minimum Gasteiger partial charge on any atom is -0.504 e. The predicted octanol–water partition coefficient (Wildman–Crippen LogP) is 2.97. The first-order valence-corrected chi connectivity index (χ1v) is 8.21. The SMILES string of the molecule is Cc1ccc(C)n1-c1cccc(C(=O)N/N=C/c2ccc(O)c(O)c2O)c1. The first-order chi connectivity index (χ1) is 12.9. The van der Waals surface area contributed by atoms with Crippen molar-refractivity contribution in [2.45, 2.75) is 13.8 Å². The predicted molar refractivity (Wildman–Crippen MR) is 102 cm³/mol. The molecule has 0 bridgehead atoms. The molecule has 3 rings (SSSR count). The van der Waals surface area contributed by atoms with Gasteiger partial charge in [-0.3, -0.25) is 4.79 Å². The Balaban J connectivity index is 1.78. The van der Waals surface area contributed by atoms with Crippen LogP contribution in [0.4, 0.5) is 0 Å². The molecule has 0 aliphatic heterocycles. The summed E-state index contributed by atoms with van der Waals surface area (Å²) < 4.78 is 2.04. The fourth-order valence-electron chi connectivity index (χ4n) is 2.78. The highest BCUT2D eigenvalue weighted by molar-refractivity contribution is 5.95. The summed E-state index contributed by atoms with van der Waals surface area (Å²) in [5.74, 6) is -2.02. The number of hydrogen-bond acceptors (Lipinski definition) is 5. The quantitative estimate of drug-likeness (QED) is 0.324. The molecule has 0 fully saturated rings. The van der Waals surface area contributed by atoms with Gasteiger partial charge in [-0.25, -0.2) is 5.43 Å². The highest BCUT2D eigenvalue weighted by atomic mass is 16.3. The van der Waals surface area contributed by atoms with E-state index < -0.39 is 23.2 Å². The van der Waals surface area contributed by atoms with Crippen LogP contribution in [0.2, 0.25) is 0 Å². The van der Waals surface area contributed by atoms with E-state index in [2.05, 4.69) is 10.5 Å². The lowest BCUT2D eigenvalue weighted by Crippen LogP contribution is -2.18. The number of amides is 1. The van der Waals surface area contributed by atoms with Crippen molar-refractivity contribution in [1.29, 1.82) is 0 Å². The molecule has 7 heteroatoms. The van der Waals surface area contributed by atoms with E-state index in [1.165, 1.54) is 18.3 Å². The Bertz CT molecular complexity index is 1020. The average Bonchev–Trinajstić information content (AvgIpc) is 3.00. The number of hydrazone groups is 1. The Morgan fingerprint density at radius 2 is 1.70 bits per heavy atom. The molecule has 3 aromatic rings. The van der Waals surface area contributed by atoms with Gasteiger partial charge < -0.3 is 19.9 Å². The van der Waals surface area contributed by atoms with Gasteiger partial charge in [-0.15, -0.1) is 0 Å². The number of aryl methyl sites for hydroxylation is 2. The van der Waals surface area contributed by atoms with Crippen LogP contribution in [0.3, 0.4) is 0 Å². The van der Waals surface area contributed by atoms with Crippen LogP contribution in [0, 0.1) is 13.8 Å². The molecular weight excluding hydrogens is 346 g/mol. The third-order valence-electron chi connectivity index (χ3n) is 4.17. The van der Waals surface area contributed by atoms with Crippen LogP contribution < -0.4 is 5.43 Å². The minimum absolute atomic E-state index is 0.151. The Labute approximate surface area is 155 Å². The molecule has 0 saturated heterocycles. The summed E-state index contributed by atoms with van der Waals surface area (Å²) in [6, 6.07) is 13.7. The van der Waals surface area contributed by atoms with Crippen LogP contribution >= 0.6 is 0 Å². The monoisotopic (exact) mass is 365 g/mol. The molecule has 0 saturated carbocycles. The van der Waals surface area contributed by atoms with E-state index in [4.69, 9.17) is 0 Å². The van der Waals surface area contributed by atoms with Crippen molar-refractivity contribution in [2.24, 2.45) is 5.10 Å². The van der Waals surface area contributed by atoms with Gasteiger partial charge in [0.05, 0.1) is 6.21 Å². The fourth-order valence-corrected chi connectivity index (χ4v) is 2.78. The van der Waals surface area contributed by atoms with Crippen LogP contribution in [0.5, 0.6) is 17.2 Å². The summed E-state index contributed by atoms with van der Waals surface area (Å²) in [5, 5.41) is 32.3. The molecule has 4 N–H and O–H groups in total. The molecule has 1 amide bonds. The van der Waals surface area contributed by atoms with Gasteiger partial charge in [-0.1, -0.05) is 6.07 Å². The van der Waals surface area contributed by atoms with Crippen molar-refractivity contribution in [3.05, 3.63) is 71.0 Å². The number of hydrogen-bond donors (Lipinski definition) is 4. The van der Waals surface area contributed by atoms with Crippen LogP contribution in [0.15, 0.2) is 53.6 Å². The zero-order valence-electron chi connectivity index (χ0n) is 14.8. The summed E-state index contributed by atoms with van der Waals surface area (Å²) in [4.78, 5) is 12.3. The topological polar surface area (TPSA) is 107 Å². The molecule has 7 nitrogen and oxygen atoms in total. The van der Waals surface area contributed by atoms with Gasteiger partial charge in [0.1, 0.15) is 0 Å². The lowest BCUT2D eigenvalue weighted by atomic mass is 10.2. The zero-order chi connectivity index (χ0) is 19.6. The number of carbonyl (C=O) groups is 1. The molecule has 0 unspecified atom stereocenters. The number of nitrogens with one attached hydrogen (secondary N) is 1. The molecular formula is C20H19N3O4. The van der Waals surface area contributed by atoms with E-state index in [0.717, 1.165) is 17.1 Å². The van der Waals surface area contributed by atoms with E-state index >= 15 is 0 Å². The van der Waals surface area contributed by atoms with Crippen LogP contribution in [0.1, 0.15) is 27.3 Å². The molecule has 1 heterocycles. The van der Waals surface area contributed by atoms with E-state index in [1.54, 1.807) is 18.2 Å². The van der Waals surface area contributed by atoms with Gasteiger partial charge in [-0.2, -0.15) is 5.10 Å². The third-order valence-corrected chi connectivity index (χ3v) is 4.17. The number of carbonyl (C=O) groups excluding carboxylic acids is 1. The van der Waals surface area contributed by atoms with Crippen LogP contribution in [-0.2, 0) is 0 Å². The smallest absolute Gasteiger partial charge is 0.271 e. The Morgan fingerprint density at radius 3 is 2.41 bits per heavy atom. The summed E-state index contributed by atoms with van der Waals surface area (Å²) in [6.45, 7) is 3.98. The largest absolute Gasteiger partial charge is 0.504 e. The first-order valence-electron chi connectivity index (χ1n) is 8.21. The van der Waals surface area contributed by atoms with Crippen LogP contribution in [-0.4, -0.2) is 32.0 Å². The molecule has 27 heavy (non-hydrogen) atoms. The van der Waals surface area contributed by atoms with Crippen molar-refractivity contribution in [3.63, 3.8) is 0 Å². The van der Waals surface area contributed by atoms with Crippen molar-refractivity contribution in [3.8, 4) is 22.9 Å². The highest BCUT2D eigenvalue weighted by Gasteiger charge is 2.11. The number of phenols is 3.